The van der Waals surface area contributed by atoms with Gasteiger partial charge < -0.3 is 20.9 Å². The van der Waals surface area contributed by atoms with Crippen LogP contribution in [0.1, 0.15) is 24.9 Å². The van der Waals surface area contributed by atoms with Crippen molar-refractivity contribution >= 4 is 5.96 Å². The molecule has 1 aliphatic rings. The lowest BCUT2D eigenvalue weighted by molar-refractivity contribution is 0.203. The van der Waals surface area contributed by atoms with Crippen LogP contribution in [-0.2, 0) is 0 Å². The number of para-hydroxylation sites is 1. The third-order valence-corrected chi connectivity index (χ3v) is 2.81. The monoisotopic (exact) mass is 249 g/mol. The number of aliphatic hydroxyl groups excluding tert-OH is 1. The van der Waals surface area contributed by atoms with E-state index in [0.717, 1.165) is 17.7 Å². The van der Waals surface area contributed by atoms with Crippen LogP contribution in [0, 0.1) is 0 Å². The molecule has 1 heterocycles. The van der Waals surface area contributed by atoms with E-state index in [0.29, 0.717) is 19.1 Å². The standard InChI is InChI=1S/C13H19N3O2/c1-9(17)8-15-13(14)16-11-6-7-18-12-5-3-2-4-10(11)12/h2-5,9,11,17H,6-8H2,1H3,(H3,14,15,16)/t9-,11?/m0/s1. The topological polar surface area (TPSA) is 79.9 Å². The highest BCUT2D eigenvalue weighted by Gasteiger charge is 2.21. The van der Waals surface area contributed by atoms with Crippen molar-refractivity contribution < 1.29 is 9.84 Å². The Kier molecular flexibility index (Phi) is 4.04. The zero-order valence-corrected chi connectivity index (χ0v) is 10.5. The Hall–Kier alpha value is -1.75. The Morgan fingerprint density at radius 1 is 1.61 bits per heavy atom. The Morgan fingerprint density at radius 3 is 3.17 bits per heavy atom. The van der Waals surface area contributed by atoms with Crippen LogP contribution in [0.4, 0.5) is 0 Å². The van der Waals surface area contributed by atoms with Crippen molar-refractivity contribution in [1.29, 1.82) is 0 Å². The largest absolute Gasteiger partial charge is 0.493 e. The van der Waals surface area contributed by atoms with Gasteiger partial charge in [0.15, 0.2) is 5.96 Å². The minimum Gasteiger partial charge on any atom is -0.493 e. The molecule has 1 aromatic carbocycles. The maximum absolute atomic E-state index is 9.15. The highest BCUT2D eigenvalue weighted by Crippen LogP contribution is 2.31. The molecule has 0 aromatic heterocycles. The Labute approximate surface area is 107 Å². The number of nitrogens with zero attached hydrogens (tertiary/aromatic N) is 1. The van der Waals surface area contributed by atoms with Gasteiger partial charge in [0.1, 0.15) is 5.75 Å². The number of rotatable bonds is 3. The molecule has 5 heteroatoms. The Balaban J connectivity index is 2.05. The van der Waals surface area contributed by atoms with Gasteiger partial charge >= 0.3 is 0 Å². The number of guanidine groups is 1. The molecule has 0 saturated carbocycles. The minimum atomic E-state index is -0.479. The van der Waals surface area contributed by atoms with Gasteiger partial charge in [-0.15, -0.1) is 0 Å². The van der Waals surface area contributed by atoms with Gasteiger partial charge in [-0.1, -0.05) is 18.2 Å². The number of nitrogens with two attached hydrogens (primary N) is 1. The second-order valence-corrected chi connectivity index (χ2v) is 4.45. The minimum absolute atomic E-state index is 0.118. The fraction of sp³-hybridized carbons (Fsp3) is 0.462. The molecule has 0 fully saturated rings. The van der Waals surface area contributed by atoms with Crippen LogP contribution in [-0.4, -0.2) is 30.3 Å². The summed E-state index contributed by atoms with van der Waals surface area (Å²) < 4.78 is 5.57. The van der Waals surface area contributed by atoms with Gasteiger partial charge in [0.2, 0.25) is 0 Å². The summed E-state index contributed by atoms with van der Waals surface area (Å²) in [5.74, 6) is 1.25. The van der Waals surface area contributed by atoms with Crippen molar-refractivity contribution in [2.75, 3.05) is 13.2 Å². The summed E-state index contributed by atoms with van der Waals surface area (Å²) in [6, 6.07) is 8.02. The first-order valence-corrected chi connectivity index (χ1v) is 6.13. The maximum atomic E-state index is 9.15. The molecule has 2 atom stereocenters. The fourth-order valence-corrected chi connectivity index (χ4v) is 1.95. The van der Waals surface area contributed by atoms with Crippen LogP contribution in [0.5, 0.6) is 5.75 Å². The van der Waals surface area contributed by atoms with E-state index in [4.69, 9.17) is 15.6 Å². The summed E-state index contributed by atoms with van der Waals surface area (Å²) in [5, 5.41) is 12.3. The normalized spacial score (nSPS) is 20.8. The molecule has 0 amide bonds. The van der Waals surface area contributed by atoms with E-state index in [9.17, 15) is 0 Å². The van der Waals surface area contributed by atoms with Crippen LogP contribution in [0.2, 0.25) is 0 Å². The lowest BCUT2D eigenvalue weighted by Crippen LogP contribution is -2.37. The number of hydrogen-bond donors (Lipinski definition) is 3. The van der Waals surface area contributed by atoms with Gasteiger partial charge in [0, 0.05) is 12.0 Å². The van der Waals surface area contributed by atoms with Gasteiger partial charge in [-0.25, -0.2) is 0 Å². The van der Waals surface area contributed by atoms with Gasteiger partial charge in [-0.3, -0.25) is 4.99 Å². The molecule has 0 radical (unpaired) electrons. The number of aliphatic imine (C=N–C) groups is 1. The first-order valence-electron chi connectivity index (χ1n) is 6.13. The molecule has 1 aliphatic heterocycles. The van der Waals surface area contributed by atoms with E-state index in [-0.39, 0.29) is 6.04 Å². The summed E-state index contributed by atoms with van der Waals surface area (Å²) in [6.07, 6.45) is 0.370. The third-order valence-electron chi connectivity index (χ3n) is 2.81. The summed E-state index contributed by atoms with van der Waals surface area (Å²) >= 11 is 0. The van der Waals surface area contributed by atoms with Crippen LogP contribution < -0.4 is 15.8 Å². The van der Waals surface area contributed by atoms with Gasteiger partial charge in [0.25, 0.3) is 0 Å². The number of fused-ring (bicyclic) bond motifs is 1. The zero-order valence-electron chi connectivity index (χ0n) is 10.5. The van der Waals surface area contributed by atoms with Gasteiger partial charge in [-0.2, -0.15) is 0 Å². The Morgan fingerprint density at radius 2 is 2.39 bits per heavy atom. The first kappa shape index (κ1) is 12.7. The second-order valence-electron chi connectivity index (χ2n) is 4.45. The third kappa shape index (κ3) is 3.13. The molecule has 1 aromatic rings. The molecular weight excluding hydrogens is 230 g/mol. The molecule has 1 unspecified atom stereocenters. The average Bonchev–Trinajstić information content (AvgIpc) is 2.37. The van der Waals surface area contributed by atoms with Crippen molar-refractivity contribution in [3.05, 3.63) is 29.8 Å². The SMILES string of the molecule is C[C@H](O)CN=C(N)NC1CCOc2ccccc21. The van der Waals surface area contributed by atoms with Crippen molar-refractivity contribution in [2.24, 2.45) is 10.7 Å². The lowest BCUT2D eigenvalue weighted by atomic mass is 10.0. The van der Waals surface area contributed by atoms with Gasteiger partial charge in [-0.05, 0) is 13.0 Å². The molecular formula is C13H19N3O2. The van der Waals surface area contributed by atoms with Crippen molar-refractivity contribution in [3.63, 3.8) is 0 Å². The molecule has 98 valence electrons. The lowest BCUT2D eigenvalue weighted by Gasteiger charge is -2.27. The van der Waals surface area contributed by atoms with E-state index >= 15 is 0 Å². The number of benzene rings is 1. The first-order chi connectivity index (χ1) is 8.66. The second kappa shape index (κ2) is 5.73. The number of aliphatic hydroxyl groups is 1. The molecule has 4 N–H and O–H groups in total. The molecule has 0 aliphatic carbocycles. The maximum Gasteiger partial charge on any atom is 0.189 e. The van der Waals surface area contributed by atoms with E-state index in [1.165, 1.54) is 0 Å². The summed E-state index contributed by atoms with van der Waals surface area (Å²) in [6.45, 7) is 2.66. The Bertz CT molecular complexity index is 432. The average molecular weight is 249 g/mol. The van der Waals surface area contributed by atoms with E-state index in [2.05, 4.69) is 10.3 Å². The smallest absolute Gasteiger partial charge is 0.189 e. The summed E-state index contributed by atoms with van der Waals surface area (Å²) in [4.78, 5) is 4.08. The molecule has 0 saturated heterocycles. The van der Waals surface area contributed by atoms with E-state index in [1.807, 2.05) is 24.3 Å². The van der Waals surface area contributed by atoms with Gasteiger partial charge in [0.05, 0.1) is 25.3 Å². The quantitative estimate of drug-likeness (QED) is 0.546. The highest BCUT2D eigenvalue weighted by atomic mass is 16.5. The van der Waals surface area contributed by atoms with Crippen LogP contribution in [0.25, 0.3) is 0 Å². The van der Waals surface area contributed by atoms with Crippen LogP contribution >= 0.6 is 0 Å². The molecule has 2 rings (SSSR count). The van der Waals surface area contributed by atoms with Crippen molar-refractivity contribution in [3.8, 4) is 5.75 Å². The van der Waals surface area contributed by atoms with E-state index in [1.54, 1.807) is 6.92 Å². The number of nitrogens with one attached hydrogen (secondary N) is 1. The number of hydrogen-bond acceptors (Lipinski definition) is 3. The van der Waals surface area contributed by atoms with Crippen LogP contribution in [0.15, 0.2) is 29.3 Å². The molecule has 5 nitrogen and oxygen atoms in total. The molecule has 18 heavy (non-hydrogen) atoms. The zero-order chi connectivity index (χ0) is 13.0. The van der Waals surface area contributed by atoms with Crippen LogP contribution in [0.3, 0.4) is 0 Å². The predicted octanol–water partition coefficient (Wildman–Crippen LogP) is 0.795. The molecule has 0 bridgehead atoms. The highest BCUT2D eigenvalue weighted by molar-refractivity contribution is 5.78. The summed E-state index contributed by atoms with van der Waals surface area (Å²) in [7, 11) is 0. The molecule has 0 spiro atoms. The van der Waals surface area contributed by atoms with Crippen molar-refractivity contribution in [1.82, 2.24) is 5.32 Å². The predicted molar refractivity (Wildman–Crippen MR) is 70.6 cm³/mol. The summed E-state index contributed by atoms with van der Waals surface area (Å²) in [5.41, 5.74) is 6.89. The number of ether oxygens (including phenoxy) is 1. The fourth-order valence-electron chi connectivity index (χ4n) is 1.95. The van der Waals surface area contributed by atoms with E-state index < -0.39 is 6.10 Å². The van der Waals surface area contributed by atoms with Crippen molar-refractivity contribution in [2.45, 2.75) is 25.5 Å².